The summed E-state index contributed by atoms with van der Waals surface area (Å²) in [6.45, 7) is 3.95. The Morgan fingerprint density at radius 1 is 1.23 bits per heavy atom. The van der Waals surface area contributed by atoms with Crippen molar-refractivity contribution in [2.45, 2.75) is 19.0 Å². The zero-order valence-corrected chi connectivity index (χ0v) is 15.4. The number of halogens is 1. The van der Waals surface area contributed by atoms with E-state index in [1.807, 2.05) is 32.0 Å². The van der Waals surface area contributed by atoms with Gasteiger partial charge >= 0.3 is 0 Å². The summed E-state index contributed by atoms with van der Waals surface area (Å²) in [4.78, 5) is 12.5. The van der Waals surface area contributed by atoms with Crippen molar-refractivity contribution in [3.8, 4) is 11.4 Å². The lowest BCUT2D eigenvalue weighted by Gasteiger charge is -2.09. The van der Waals surface area contributed by atoms with Gasteiger partial charge in [-0.25, -0.2) is 4.39 Å². The number of Topliss-reactive ketones (excluding diaryl/α,β-unsaturated/α-hetero) is 1. The average molecular weight is 372 g/mol. The Kier molecular flexibility index (Phi) is 5.32. The van der Waals surface area contributed by atoms with Crippen LogP contribution in [0.25, 0.3) is 5.69 Å². The number of hydrogen-bond acceptors (Lipinski definition) is 6. The number of carbonyl (C=O) groups is 1. The van der Waals surface area contributed by atoms with Crippen molar-refractivity contribution < 1.29 is 13.9 Å². The number of benzene rings is 2. The van der Waals surface area contributed by atoms with Crippen LogP contribution < -0.4 is 4.74 Å². The fourth-order valence-corrected chi connectivity index (χ4v) is 3.24. The van der Waals surface area contributed by atoms with Crippen molar-refractivity contribution in [3.05, 3.63) is 58.9 Å². The summed E-state index contributed by atoms with van der Waals surface area (Å²) in [6.07, 6.45) is 0. The molecule has 0 aliphatic rings. The number of thioether (sulfide) groups is 1. The van der Waals surface area contributed by atoms with Crippen LogP contribution in [0.4, 0.5) is 4.39 Å². The van der Waals surface area contributed by atoms with E-state index in [4.69, 9.17) is 4.74 Å². The predicted octanol–water partition coefficient (Wildman–Crippen LogP) is 3.40. The Morgan fingerprint density at radius 3 is 2.81 bits per heavy atom. The molecular formula is C18H17FN4O2S. The number of tetrazole rings is 1. The van der Waals surface area contributed by atoms with Crippen molar-refractivity contribution >= 4 is 17.5 Å². The van der Waals surface area contributed by atoms with Gasteiger partial charge in [-0.15, -0.1) is 5.10 Å². The monoisotopic (exact) mass is 372 g/mol. The molecule has 3 rings (SSSR count). The Labute approximate surface area is 154 Å². The van der Waals surface area contributed by atoms with Crippen molar-refractivity contribution in [3.63, 3.8) is 0 Å². The van der Waals surface area contributed by atoms with E-state index >= 15 is 0 Å². The Bertz CT molecular complexity index is 958. The molecule has 26 heavy (non-hydrogen) atoms. The van der Waals surface area contributed by atoms with E-state index in [1.165, 1.54) is 37.1 Å². The van der Waals surface area contributed by atoms with Crippen LogP contribution in [0.2, 0.25) is 0 Å². The second kappa shape index (κ2) is 7.65. The highest BCUT2D eigenvalue weighted by atomic mass is 32.2. The summed E-state index contributed by atoms with van der Waals surface area (Å²) in [7, 11) is 1.44. The molecule has 0 bridgehead atoms. The molecule has 0 saturated carbocycles. The van der Waals surface area contributed by atoms with Crippen LogP contribution in [-0.2, 0) is 0 Å². The molecule has 0 saturated heterocycles. The summed E-state index contributed by atoms with van der Waals surface area (Å²) < 4.78 is 20.2. The molecule has 1 heterocycles. The third-order valence-corrected chi connectivity index (χ3v) is 4.75. The number of aromatic nitrogens is 4. The van der Waals surface area contributed by atoms with Gasteiger partial charge in [0.1, 0.15) is 11.6 Å². The Hall–Kier alpha value is -2.74. The molecule has 6 nitrogen and oxygen atoms in total. The lowest BCUT2D eigenvalue weighted by Crippen LogP contribution is -2.07. The third kappa shape index (κ3) is 3.75. The molecule has 0 radical (unpaired) electrons. The zero-order valence-electron chi connectivity index (χ0n) is 14.6. The van der Waals surface area contributed by atoms with E-state index in [2.05, 4.69) is 15.5 Å². The zero-order chi connectivity index (χ0) is 18.7. The molecule has 0 aliphatic carbocycles. The molecule has 0 N–H and O–H groups in total. The molecule has 3 aromatic rings. The summed E-state index contributed by atoms with van der Waals surface area (Å²) in [5.41, 5.74) is 3.15. The second-order valence-corrected chi connectivity index (χ2v) is 6.66. The second-order valence-electron chi connectivity index (χ2n) is 5.72. The fraction of sp³-hybridized carbons (Fsp3) is 0.222. The topological polar surface area (TPSA) is 69.9 Å². The minimum absolute atomic E-state index is 0.0606. The molecule has 1 aromatic heterocycles. The van der Waals surface area contributed by atoms with E-state index in [0.717, 1.165) is 16.8 Å². The average Bonchev–Trinajstić information content (AvgIpc) is 3.10. The van der Waals surface area contributed by atoms with Gasteiger partial charge in [0.2, 0.25) is 5.16 Å². The van der Waals surface area contributed by atoms with E-state index in [1.54, 1.807) is 4.68 Å². The Balaban J connectivity index is 1.82. The smallest absolute Gasteiger partial charge is 0.214 e. The lowest BCUT2D eigenvalue weighted by molar-refractivity contribution is 0.101. The van der Waals surface area contributed by atoms with Crippen molar-refractivity contribution in [1.82, 2.24) is 20.2 Å². The van der Waals surface area contributed by atoms with Gasteiger partial charge in [0.15, 0.2) is 5.78 Å². The fourth-order valence-electron chi connectivity index (χ4n) is 2.47. The molecule has 0 amide bonds. The van der Waals surface area contributed by atoms with Gasteiger partial charge in [-0.1, -0.05) is 23.9 Å². The van der Waals surface area contributed by atoms with Crippen LogP contribution in [0.1, 0.15) is 21.5 Å². The first-order valence-corrected chi connectivity index (χ1v) is 8.83. The highest BCUT2D eigenvalue weighted by Crippen LogP contribution is 2.25. The maximum atomic E-state index is 13.5. The number of aryl methyl sites for hydroxylation is 2. The van der Waals surface area contributed by atoms with Gasteiger partial charge in [-0.05, 0) is 59.7 Å². The molecule has 2 aromatic carbocycles. The number of methoxy groups -OCH3 is 1. The first-order chi connectivity index (χ1) is 12.5. The van der Waals surface area contributed by atoms with E-state index in [0.29, 0.717) is 10.9 Å². The predicted molar refractivity (Wildman–Crippen MR) is 96.6 cm³/mol. The molecule has 8 heteroatoms. The molecule has 134 valence electrons. The van der Waals surface area contributed by atoms with Crippen LogP contribution >= 0.6 is 11.8 Å². The summed E-state index contributed by atoms with van der Waals surface area (Å²) in [5.74, 6) is -0.349. The number of ether oxygens (including phenoxy) is 1. The Morgan fingerprint density at radius 2 is 2.04 bits per heavy atom. The SMILES string of the molecule is COc1ccc(F)cc1C(=O)CSc1nnnn1-c1cc(C)ccc1C. The molecule has 0 fully saturated rings. The molecule has 0 unspecified atom stereocenters. The van der Waals surface area contributed by atoms with Crippen molar-refractivity contribution in [1.29, 1.82) is 0 Å². The highest BCUT2D eigenvalue weighted by Gasteiger charge is 2.17. The molecule has 0 spiro atoms. The van der Waals surface area contributed by atoms with Gasteiger partial charge in [0, 0.05) is 0 Å². The largest absolute Gasteiger partial charge is 0.496 e. The van der Waals surface area contributed by atoms with Crippen LogP contribution in [0.5, 0.6) is 5.75 Å². The molecular weight excluding hydrogens is 355 g/mol. The number of carbonyl (C=O) groups excluding carboxylic acids is 1. The van der Waals surface area contributed by atoms with Crippen molar-refractivity contribution in [2.24, 2.45) is 0 Å². The minimum atomic E-state index is -0.487. The standard InChI is InChI=1S/C18H17FN4O2S/c1-11-4-5-12(2)15(8-11)23-18(20-21-22-23)26-10-16(24)14-9-13(19)6-7-17(14)25-3/h4-9H,10H2,1-3H3. The summed E-state index contributed by atoms with van der Waals surface area (Å²) in [5, 5.41) is 12.2. The van der Waals surface area contributed by atoms with E-state index < -0.39 is 5.82 Å². The first kappa shape index (κ1) is 18.1. The minimum Gasteiger partial charge on any atom is -0.496 e. The number of ketones is 1. The first-order valence-electron chi connectivity index (χ1n) is 7.85. The molecule has 0 aliphatic heterocycles. The van der Waals surface area contributed by atoms with Crippen LogP contribution in [0.15, 0.2) is 41.6 Å². The van der Waals surface area contributed by atoms with Gasteiger partial charge in [-0.3, -0.25) is 4.79 Å². The van der Waals surface area contributed by atoms with E-state index in [9.17, 15) is 9.18 Å². The number of nitrogens with zero attached hydrogens (tertiary/aromatic N) is 4. The van der Waals surface area contributed by atoms with Gasteiger partial charge in [-0.2, -0.15) is 4.68 Å². The normalized spacial score (nSPS) is 10.8. The number of rotatable bonds is 6. The highest BCUT2D eigenvalue weighted by molar-refractivity contribution is 7.99. The third-order valence-electron chi connectivity index (χ3n) is 3.83. The summed E-state index contributed by atoms with van der Waals surface area (Å²) >= 11 is 1.19. The summed E-state index contributed by atoms with van der Waals surface area (Å²) in [6, 6.07) is 9.85. The van der Waals surface area contributed by atoms with Crippen LogP contribution in [0.3, 0.4) is 0 Å². The van der Waals surface area contributed by atoms with Crippen molar-refractivity contribution in [2.75, 3.05) is 12.9 Å². The van der Waals surface area contributed by atoms with Gasteiger partial charge < -0.3 is 4.74 Å². The van der Waals surface area contributed by atoms with E-state index in [-0.39, 0.29) is 17.1 Å². The number of hydrogen-bond donors (Lipinski definition) is 0. The van der Waals surface area contributed by atoms with Gasteiger partial charge in [0.05, 0.1) is 24.1 Å². The lowest BCUT2D eigenvalue weighted by atomic mass is 10.1. The van der Waals surface area contributed by atoms with Crippen LogP contribution in [0, 0.1) is 19.7 Å². The van der Waals surface area contributed by atoms with Crippen LogP contribution in [-0.4, -0.2) is 38.9 Å². The molecule has 0 atom stereocenters. The van der Waals surface area contributed by atoms with Gasteiger partial charge in [0.25, 0.3) is 0 Å². The maximum Gasteiger partial charge on any atom is 0.214 e. The maximum absolute atomic E-state index is 13.5. The quantitative estimate of drug-likeness (QED) is 0.488.